The number of hydrogen-bond acceptors (Lipinski definition) is 5. The molecule has 6 nitrogen and oxygen atoms in total. The number of rotatable bonds is 6. The summed E-state index contributed by atoms with van der Waals surface area (Å²) in [5.74, 6) is 0. The van der Waals surface area contributed by atoms with Gasteiger partial charge in [-0.15, -0.1) is 6.58 Å². The Bertz CT molecular complexity index is 1110. The van der Waals surface area contributed by atoms with Gasteiger partial charge in [-0.05, 0) is 29.3 Å². The summed E-state index contributed by atoms with van der Waals surface area (Å²) < 4.78 is 28.4. The Morgan fingerprint density at radius 2 is 1.83 bits per heavy atom. The summed E-state index contributed by atoms with van der Waals surface area (Å²) in [5, 5.41) is 3.45. The average molecular weight is 411 g/mol. The lowest BCUT2D eigenvalue weighted by Gasteiger charge is -2.30. The van der Waals surface area contributed by atoms with Crippen molar-refractivity contribution in [3.05, 3.63) is 78.5 Å². The van der Waals surface area contributed by atoms with Crippen molar-refractivity contribution in [3.8, 4) is 0 Å². The first-order valence-corrected chi connectivity index (χ1v) is 11.3. The molecule has 0 radical (unpaired) electrons. The Hall–Kier alpha value is -2.61. The van der Waals surface area contributed by atoms with Crippen LogP contribution in [-0.2, 0) is 16.6 Å². The van der Waals surface area contributed by atoms with E-state index in [2.05, 4.69) is 22.9 Å². The summed E-state index contributed by atoms with van der Waals surface area (Å²) in [5.41, 5.74) is 9.05. The van der Waals surface area contributed by atoms with Crippen molar-refractivity contribution < 1.29 is 8.42 Å². The molecule has 3 N–H and O–H groups in total. The molecule has 0 amide bonds. The van der Waals surface area contributed by atoms with E-state index in [1.165, 1.54) is 10.0 Å². The fourth-order valence-electron chi connectivity index (χ4n) is 3.93. The zero-order chi connectivity index (χ0) is 20.4. The predicted molar refractivity (Wildman–Crippen MR) is 119 cm³/mol. The van der Waals surface area contributed by atoms with Crippen LogP contribution < -0.4 is 16.0 Å². The number of hydrogen-bond donors (Lipinski definition) is 2. The van der Waals surface area contributed by atoms with Crippen LogP contribution in [0.1, 0.15) is 16.4 Å². The molecular weight excluding hydrogens is 384 g/mol. The van der Waals surface area contributed by atoms with Crippen LogP contribution in [0.3, 0.4) is 0 Å². The number of fused-ring (bicyclic) bond motifs is 1. The zero-order valence-corrected chi connectivity index (χ0v) is 17.1. The monoisotopic (exact) mass is 410 g/mol. The third-order valence-electron chi connectivity index (χ3n) is 5.48. The molecule has 1 aromatic heterocycles. The highest BCUT2D eigenvalue weighted by Crippen LogP contribution is 2.33. The zero-order valence-electron chi connectivity index (χ0n) is 16.3. The molecule has 0 spiro atoms. The Morgan fingerprint density at radius 3 is 2.48 bits per heavy atom. The molecule has 2 aromatic carbocycles. The Balaban J connectivity index is 1.76. The van der Waals surface area contributed by atoms with Gasteiger partial charge in [-0.1, -0.05) is 36.4 Å². The van der Waals surface area contributed by atoms with Crippen LogP contribution in [0.2, 0.25) is 0 Å². The van der Waals surface area contributed by atoms with Gasteiger partial charge in [0, 0.05) is 50.0 Å². The van der Waals surface area contributed by atoms with Crippen molar-refractivity contribution in [1.82, 2.24) is 9.29 Å². The first-order chi connectivity index (χ1) is 14.1. The first-order valence-electron chi connectivity index (χ1n) is 9.78. The first kappa shape index (κ1) is 19.7. The van der Waals surface area contributed by atoms with E-state index in [1.54, 1.807) is 6.20 Å². The Kier molecular flexibility index (Phi) is 5.45. The molecule has 1 unspecified atom stereocenters. The number of benzene rings is 2. The normalized spacial score (nSPS) is 16.1. The Morgan fingerprint density at radius 1 is 1.10 bits per heavy atom. The maximum absolute atomic E-state index is 13.5. The summed E-state index contributed by atoms with van der Waals surface area (Å²) in [6.45, 7) is 7.87. The molecule has 1 fully saturated rings. The van der Waals surface area contributed by atoms with Gasteiger partial charge in [0.2, 0.25) is 10.0 Å². The molecule has 29 heavy (non-hydrogen) atoms. The van der Waals surface area contributed by atoms with E-state index in [0.29, 0.717) is 17.6 Å². The fraction of sp³-hybridized carbons (Fsp3) is 0.273. The molecule has 0 saturated carbocycles. The lowest BCUT2D eigenvalue weighted by atomic mass is 10.1. The molecular formula is C22H26N4O2S. The van der Waals surface area contributed by atoms with Crippen molar-refractivity contribution in [1.29, 1.82) is 0 Å². The summed E-state index contributed by atoms with van der Waals surface area (Å²) >= 11 is 0. The van der Waals surface area contributed by atoms with Crippen LogP contribution >= 0.6 is 0 Å². The van der Waals surface area contributed by atoms with Gasteiger partial charge < -0.3 is 16.0 Å². The molecule has 0 aliphatic carbocycles. The number of anilines is 1. The van der Waals surface area contributed by atoms with Crippen LogP contribution in [0.25, 0.3) is 10.9 Å². The van der Waals surface area contributed by atoms with Crippen molar-refractivity contribution in [2.75, 3.05) is 31.1 Å². The molecule has 1 saturated heterocycles. The van der Waals surface area contributed by atoms with E-state index < -0.39 is 15.3 Å². The van der Waals surface area contributed by atoms with Gasteiger partial charge in [-0.2, -0.15) is 0 Å². The van der Waals surface area contributed by atoms with Crippen molar-refractivity contribution in [2.45, 2.75) is 11.8 Å². The van der Waals surface area contributed by atoms with Crippen molar-refractivity contribution in [2.24, 2.45) is 5.73 Å². The predicted octanol–water partition coefficient (Wildman–Crippen LogP) is 2.61. The van der Waals surface area contributed by atoms with Crippen molar-refractivity contribution in [3.63, 3.8) is 0 Å². The van der Waals surface area contributed by atoms with Gasteiger partial charge in [-0.25, -0.2) is 12.4 Å². The largest absolute Gasteiger partial charge is 0.368 e. The van der Waals surface area contributed by atoms with Crippen molar-refractivity contribution >= 4 is 26.6 Å². The van der Waals surface area contributed by atoms with Gasteiger partial charge in [0.05, 0.1) is 5.52 Å². The molecule has 4 rings (SSSR count). The maximum Gasteiger partial charge on any atom is 0.249 e. The smallest absolute Gasteiger partial charge is 0.249 e. The minimum absolute atomic E-state index is 0.419. The van der Waals surface area contributed by atoms with E-state index in [0.717, 1.165) is 42.8 Å². The van der Waals surface area contributed by atoms with Crippen LogP contribution in [0, 0.1) is 0 Å². The summed E-state index contributed by atoms with van der Waals surface area (Å²) in [4.78, 5) is 2.30. The average Bonchev–Trinajstić information content (AvgIpc) is 3.20. The van der Waals surface area contributed by atoms with E-state index in [-0.39, 0.29) is 0 Å². The second-order valence-electron chi connectivity index (χ2n) is 7.21. The summed E-state index contributed by atoms with van der Waals surface area (Å²) in [7, 11) is -3.72. The third-order valence-corrected chi connectivity index (χ3v) is 7.46. The minimum atomic E-state index is -3.72. The quantitative estimate of drug-likeness (QED) is 0.611. The van der Waals surface area contributed by atoms with Gasteiger partial charge in [0.15, 0.2) is 0 Å². The lowest BCUT2D eigenvalue weighted by molar-refractivity contribution is 0.583. The second-order valence-corrected chi connectivity index (χ2v) is 9.14. The highest BCUT2D eigenvalue weighted by Gasteiger charge is 2.28. The van der Waals surface area contributed by atoms with E-state index in [4.69, 9.17) is 5.73 Å². The fourth-order valence-corrected chi connectivity index (χ4v) is 5.58. The molecule has 1 aliphatic rings. The summed E-state index contributed by atoms with van der Waals surface area (Å²) in [6.07, 6.45) is 3.13. The van der Waals surface area contributed by atoms with E-state index >= 15 is 0 Å². The molecule has 1 atom stereocenters. The van der Waals surface area contributed by atoms with Crippen LogP contribution in [0.4, 0.5) is 5.69 Å². The molecule has 7 heteroatoms. The number of aromatic nitrogens is 1. The number of nitrogens with one attached hydrogen (secondary N) is 1. The standard InChI is InChI=1S/C22H26N4O2S/c1-2-22(18-8-6-17(16-23)7-9-18)29(27,28)26-13-10-19-20(4-3-5-21(19)26)25-14-11-24-12-15-25/h2-10,13,22,24H,1,11-12,14-16,23H2. The number of piperazine rings is 1. The molecule has 0 bridgehead atoms. The molecule has 152 valence electrons. The highest BCUT2D eigenvalue weighted by molar-refractivity contribution is 7.90. The van der Waals surface area contributed by atoms with Gasteiger partial charge in [-0.3, -0.25) is 0 Å². The summed E-state index contributed by atoms with van der Waals surface area (Å²) in [6, 6.07) is 15.1. The van der Waals surface area contributed by atoms with Gasteiger partial charge >= 0.3 is 0 Å². The van der Waals surface area contributed by atoms with Gasteiger partial charge in [0.1, 0.15) is 5.25 Å². The van der Waals surface area contributed by atoms with Crippen LogP contribution in [0.15, 0.2) is 67.4 Å². The molecule has 3 aromatic rings. The SMILES string of the molecule is C=CC(c1ccc(CN)cc1)S(=O)(=O)n1ccc2c(N3CCNCC3)cccc21. The third kappa shape index (κ3) is 3.57. The van der Waals surface area contributed by atoms with Crippen LogP contribution in [0.5, 0.6) is 0 Å². The molecule has 1 aliphatic heterocycles. The Labute approximate surface area is 171 Å². The minimum Gasteiger partial charge on any atom is -0.368 e. The topological polar surface area (TPSA) is 80.4 Å². The highest BCUT2D eigenvalue weighted by atomic mass is 32.2. The number of nitrogens with two attached hydrogens (primary N) is 1. The maximum atomic E-state index is 13.5. The number of nitrogens with zero attached hydrogens (tertiary/aromatic N) is 2. The van der Waals surface area contributed by atoms with Gasteiger partial charge in [0.25, 0.3) is 0 Å². The molecule has 2 heterocycles. The second kappa shape index (κ2) is 8.02. The van der Waals surface area contributed by atoms with E-state index in [9.17, 15) is 8.42 Å². The van der Waals surface area contributed by atoms with Crippen LogP contribution in [-0.4, -0.2) is 38.6 Å². The lowest BCUT2D eigenvalue weighted by Crippen LogP contribution is -2.43. The van der Waals surface area contributed by atoms with E-state index in [1.807, 2.05) is 42.5 Å².